The highest BCUT2D eigenvalue weighted by Crippen LogP contribution is 2.24. The fourth-order valence-electron chi connectivity index (χ4n) is 3.51. The van der Waals surface area contributed by atoms with Crippen LogP contribution in [-0.2, 0) is 11.3 Å². The van der Waals surface area contributed by atoms with Gasteiger partial charge in [0.1, 0.15) is 12.4 Å². The zero-order valence-electron chi connectivity index (χ0n) is 17.6. The van der Waals surface area contributed by atoms with Gasteiger partial charge in [-0.1, -0.05) is 23.8 Å². The molecule has 1 aliphatic rings. The molecular weight excluding hydrogens is 394 g/mol. The molecule has 1 N–H and O–H groups in total. The van der Waals surface area contributed by atoms with Crippen LogP contribution >= 0.6 is 0 Å². The van der Waals surface area contributed by atoms with E-state index in [4.69, 9.17) is 0 Å². The van der Waals surface area contributed by atoms with Crippen molar-refractivity contribution in [3.63, 3.8) is 0 Å². The van der Waals surface area contributed by atoms with Crippen molar-refractivity contribution in [3.05, 3.63) is 77.0 Å². The number of amides is 3. The Balaban J connectivity index is 1.43. The SMILES string of the molecule is Cc1ccc2c(c1)C(=O)N(CC(=O)Nc1ccnn1Cc1ccc(N(C)C)cc1)C2=O. The highest BCUT2D eigenvalue weighted by Gasteiger charge is 2.36. The Morgan fingerprint density at radius 2 is 1.71 bits per heavy atom. The summed E-state index contributed by atoms with van der Waals surface area (Å²) in [7, 11) is 3.96. The summed E-state index contributed by atoms with van der Waals surface area (Å²) in [6.45, 7) is 1.97. The van der Waals surface area contributed by atoms with E-state index in [2.05, 4.69) is 10.4 Å². The first kappa shape index (κ1) is 20.3. The quantitative estimate of drug-likeness (QED) is 0.623. The monoisotopic (exact) mass is 417 g/mol. The summed E-state index contributed by atoms with van der Waals surface area (Å²) >= 11 is 0. The lowest BCUT2D eigenvalue weighted by molar-refractivity contribution is -0.116. The molecule has 0 fully saturated rings. The van der Waals surface area contributed by atoms with E-state index in [0.29, 0.717) is 23.5 Å². The molecule has 0 spiro atoms. The summed E-state index contributed by atoms with van der Waals surface area (Å²) in [5, 5.41) is 7.02. The molecule has 158 valence electrons. The van der Waals surface area contributed by atoms with Gasteiger partial charge in [0.05, 0.1) is 23.9 Å². The Bertz CT molecular complexity index is 1160. The van der Waals surface area contributed by atoms with Crippen LogP contribution < -0.4 is 10.2 Å². The smallest absolute Gasteiger partial charge is 0.262 e. The molecule has 0 aliphatic carbocycles. The number of nitrogens with zero attached hydrogens (tertiary/aromatic N) is 4. The molecule has 31 heavy (non-hydrogen) atoms. The fourth-order valence-corrected chi connectivity index (χ4v) is 3.51. The van der Waals surface area contributed by atoms with Gasteiger partial charge in [-0.25, -0.2) is 4.68 Å². The van der Waals surface area contributed by atoms with Gasteiger partial charge in [-0.2, -0.15) is 5.10 Å². The first-order chi connectivity index (χ1) is 14.8. The van der Waals surface area contributed by atoms with Crippen LogP contribution in [0.15, 0.2) is 54.7 Å². The van der Waals surface area contributed by atoms with Gasteiger partial charge in [-0.15, -0.1) is 0 Å². The van der Waals surface area contributed by atoms with Gasteiger partial charge in [0.15, 0.2) is 0 Å². The van der Waals surface area contributed by atoms with E-state index in [1.54, 1.807) is 35.1 Å². The predicted molar refractivity (Wildman–Crippen MR) is 117 cm³/mol. The number of benzene rings is 2. The molecule has 0 radical (unpaired) electrons. The minimum Gasteiger partial charge on any atom is -0.378 e. The molecule has 0 bridgehead atoms. The molecule has 0 atom stereocenters. The van der Waals surface area contributed by atoms with E-state index in [1.807, 2.05) is 50.2 Å². The Labute approximate surface area is 180 Å². The molecule has 4 rings (SSSR count). The standard InChI is InChI=1S/C23H23N5O3/c1-15-4-9-18-19(12-15)23(31)27(22(18)30)14-21(29)25-20-10-11-24-28(20)13-16-5-7-17(8-6-16)26(2)3/h4-12H,13-14H2,1-3H3,(H,25,29). The van der Waals surface area contributed by atoms with Crippen LogP contribution in [0.5, 0.6) is 0 Å². The van der Waals surface area contributed by atoms with Crippen LogP contribution in [0.3, 0.4) is 0 Å². The minimum absolute atomic E-state index is 0.328. The molecule has 0 unspecified atom stereocenters. The molecule has 2 heterocycles. The van der Waals surface area contributed by atoms with E-state index in [0.717, 1.165) is 21.7 Å². The van der Waals surface area contributed by atoms with E-state index >= 15 is 0 Å². The first-order valence-corrected chi connectivity index (χ1v) is 9.88. The van der Waals surface area contributed by atoms with E-state index in [1.165, 1.54) is 0 Å². The van der Waals surface area contributed by atoms with E-state index in [-0.39, 0.29) is 6.54 Å². The van der Waals surface area contributed by atoms with Crippen molar-refractivity contribution in [1.82, 2.24) is 14.7 Å². The lowest BCUT2D eigenvalue weighted by atomic mass is 10.1. The molecule has 3 amide bonds. The number of hydrogen-bond donors (Lipinski definition) is 1. The first-order valence-electron chi connectivity index (χ1n) is 9.88. The van der Waals surface area contributed by atoms with Gasteiger partial charge in [0, 0.05) is 25.8 Å². The summed E-state index contributed by atoms with van der Waals surface area (Å²) in [4.78, 5) is 40.7. The van der Waals surface area contributed by atoms with Crippen molar-refractivity contribution in [2.24, 2.45) is 0 Å². The summed E-state index contributed by atoms with van der Waals surface area (Å²) in [5.74, 6) is -0.872. The third kappa shape index (κ3) is 4.05. The number of hydrogen-bond acceptors (Lipinski definition) is 5. The third-order valence-corrected chi connectivity index (χ3v) is 5.20. The lowest BCUT2D eigenvalue weighted by Gasteiger charge is -2.15. The number of imide groups is 1. The molecule has 1 aromatic heterocycles. The van der Waals surface area contributed by atoms with Crippen molar-refractivity contribution >= 4 is 29.2 Å². The van der Waals surface area contributed by atoms with Crippen molar-refractivity contribution in [1.29, 1.82) is 0 Å². The second kappa shape index (κ2) is 8.06. The van der Waals surface area contributed by atoms with E-state index < -0.39 is 17.7 Å². The molecule has 1 aliphatic heterocycles. The van der Waals surface area contributed by atoms with Crippen LogP contribution in [0.4, 0.5) is 11.5 Å². The Kier molecular flexibility index (Phi) is 5.29. The second-order valence-corrected chi connectivity index (χ2v) is 7.73. The predicted octanol–water partition coefficient (Wildman–Crippen LogP) is 2.54. The Hall–Kier alpha value is -3.94. The summed E-state index contributed by atoms with van der Waals surface area (Å²) < 4.78 is 1.66. The maximum absolute atomic E-state index is 12.6. The zero-order chi connectivity index (χ0) is 22.1. The third-order valence-electron chi connectivity index (χ3n) is 5.20. The molecule has 0 saturated heterocycles. The lowest BCUT2D eigenvalue weighted by Crippen LogP contribution is -2.37. The Morgan fingerprint density at radius 3 is 2.42 bits per heavy atom. The van der Waals surface area contributed by atoms with Crippen molar-refractivity contribution < 1.29 is 14.4 Å². The van der Waals surface area contributed by atoms with Gasteiger partial charge in [0.2, 0.25) is 5.91 Å². The summed E-state index contributed by atoms with van der Waals surface area (Å²) in [5.41, 5.74) is 3.67. The highest BCUT2D eigenvalue weighted by molar-refractivity contribution is 6.22. The van der Waals surface area contributed by atoms with Crippen LogP contribution in [-0.4, -0.2) is 53.0 Å². The normalized spacial score (nSPS) is 12.8. The number of carbonyl (C=O) groups excluding carboxylic acids is 3. The maximum Gasteiger partial charge on any atom is 0.262 e. The van der Waals surface area contributed by atoms with Gasteiger partial charge in [-0.05, 0) is 36.8 Å². The second-order valence-electron chi connectivity index (χ2n) is 7.73. The van der Waals surface area contributed by atoms with Crippen molar-refractivity contribution in [3.8, 4) is 0 Å². The topological polar surface area (TPSA) is 87.5 Å². The van der Waals surface area contributed by atoms with E-state index in [9.17, 15) is 14.4 Å². The van der Waals surface area contributed by atoms with Gasteiger partial charge < -0.3 is 10.2 Å². The fraction of sp³-hybridized carbons (Fsp3) is 0.217. The maximum atomic E-state index is 12.6. The van der Waals surface area contributed by atoms with Gasteiger partial charge in [-0.3, -0.25) is 19.3 Å². The molecule has 8 heteroatoms. The van der Waals surface area contributed by atoms with Crippen LogP contribution in [0.1, 0.15) is 31.8 Å². The number of aromatic nitrogens is 2. The molecular formula is C23H23N5O3. The number of rotatable bonds is 6. The number of fused-ring (bicyclic) bond motifs is 1. The van der Waals surface area contributed by atoms with Gasteiger partial charge >= 0.3 is 0 Å². The number of nitrogens with one attached hydrogen (secondary N) is 1. The van der Waals surface area contributed by atoms with Gasteiger partial charge in [0.25, 0.3) is 11.8 Å². The largest absolute Gasteiger partial charge is 0.378 e. The molecule has 0 saturated carbocycles. The number of anilines is 2. The van der Waals surface area contributed by atoms with Crippen LogP contribution in [0.2, 0.25) is 0 Å². The molecule has 3 aromatic rings. The average Bonchev–Trinajstić information content (AvgIpc) is 3.26. The minimum atomic E-state index is -0.462. The summed E-state index contributed by atoms with van der Waals surface area (Å²) in [6, 6.07) is 14.8. The highest BCUT2D eigenvalue weighted by atomic mass is 16.2. The van der Waals surface area contributed by atoms with Crippen molar-refractivity contribution in [2.75, 3.05) is 30.9 Å². The summed E-state index contributed by atoms with van der Waals surface area (Å²) in [6.07, 6.45) is 1.59. The average molecular weight is 417 g/mol. The Morgan fingerprint density at radius 1 is 1.00 bits per heavy atom. The molecule has 2 aromatic carbocycles. The van der Waals surface area contributed by atoms with Crippen molar-refractivity contribution in [2.45, 2.75) is 13.5 Å². The number of aryl methyl sites for hydroxylation is 1. The van der Waals surface area contributed by atoms with Crippen LogP contribution in [0, 0.1) is 6.92 Å². The molecule has 8 nitrogen and oxygen atoms in total. The zero-order valence-corrected chi connectivity index (χ0v) is 17.6. The van der Waals surface area contributed by atoms with Crippen LogP contribution in [0.25, 0.3) is 0 Å². The number of carbonyl (C=O) groups is 3.